The molecule has 3 rings (SSSR count). The number of halogens is 1. The van der Waals surface area contributed by atoms with Gasteiger partial charge in [-0.15, -0.1) is 6.42 Å². The van der Waals surface area contributed by atoms with Crippen molar-refractivity contribution in [1.29, 1.82) is 0 Å². The van der Waals surface area contributed by atoms with Crippen molar-refractivity contribution in [1.82, 2.24) is 0 Å². The number of ether oxygens (including phenoxy) is 2. The van der Waals surface area contributed by atoms with E-state index in [-0.39, 0.29) is 22.5 Å². The second-order valence-electron chi connectivity index (χ2n) is 5.37. The Morgan fingerprint density at radius 3 is 2.78 bits per heavy atom. The van der Waals surface area contributed by atoms with E-state index in [1.54, 1.807) is 36.4 Å². The number of thioether (sulfide) groups is 1. The van der Waals surface area contributed by atoms with Crippen LogP contribution in [0, 0.1) is 18.2 Å². The molecular formula is C20H14FNO3S2. The van der Waals surface area contributed by atoms with E-state index in [1.165, 1.54) is 24.1 Å². The third kappa shape index (κ3) is 3.97. The van der Waals surface area contributed by atoms with Gasteiger partial charge in [0, 0.05) is 0 Å². The van der Waals surface area contributed by atoms with Crippen LogP contribution in [-0.2, 0) is 4.79 Å². The average molecular weight is 399 g/mol. The van der Waals surface area contributed by atoms with Gasteiger partial charge in [-0.2, -0.15) is 0 Å². The van der Waals surface area contributed by atoms with Crippen molar-refractivity contribution < 1.29 is 18.7 Å². The number of para-hydroxylation sites is 1. The minimum absolute atomic E-state index is 0.122. The first kappa shape index (κ1) is 19.0. The maximum atomic E-state index is 14.1. The van der Waals surface area contributed by atoms with E-state index in [1.807, 2.05) is 0 Å². The first-order valence-electron chi connectivity index (χ1n) is 7.82. The molecule has 0 N–H and O–H groups in total. The molecule has 0 radical (unpaired) electrons. The van der Waals surface area contributed by atoms with E-state index in [9.17, 15) is 9.18 Å². The number of thiocarbonyl (C=S) groups is 1. The molecule has 0 atom stereocenters. The molecule has 0 bridgehead atoms. The summed E-state index contributed by atoms with van der Waals surface area (Å²) in [5.74, 6) is 2.50. The van der Waals surface area contributed by atoms with E-state index in [2.05, 4.69) is 5.92 Å². The molecule has 0 spiro atoms. The molecule has 0 aromatic heterocycles. The van der Waals surface area contributed by atoms with Gasteiger partial charge in [0.25, 0.3) is 5.91 Å². The molecule has 1 aliphatic heterocycles. The van der Waals surface area contributed by atoms with Crippen LogP contribution in [0.15, 0.2) is 47.4 Å². The van der Waals surface area contributed by atoms with E-state index in [0.29, 0.717) is 22.0 Å². The standard InChI is InChI=1S/C20H14FNO3S2/c1-3-10-25-16-9-8-13(11-17(16)24-2)12-18-19(23)22(20(26)27-18)15-7-5-4-6-14(15)21/h1,4-9,11-12H,10H2,2H3/b18-12+. The Hall–Kier alpha value is -2.82. The lowest BCUT2D eigenvalue weighted by molar-refractivity contribution is -0.113. The van der Waals surface area contributed by atoms with Crippen LogP contribution in [0.3, 0.4) is 0 Å². The quantitative estimate of drug-likeness (QED) is 0.427. The fourth-order valence-corrected chi connectivity index (χ4v) is 3.76. The molecule has 136 valence electrons. The lowest BCUT2D eigenvalue weighted by Crippen LogP contribution is -2.28. The maximum absolute atomic E-state index is 14.1. The van der Waals surface area contributed by atoms with E-state index in [4.69, 9.17) is 28.1 Å². The highest BCUT2D eigenvalue weighted by Gasteiger charge is 2.34. The number of terminal acetylenes is 1. The van der Waals surface area contributed by atoms with Crippen LogP contribution >= 0.6 is 24.0 Å². The van der Waals surface area contributed by atoms with Gasteiger partial charge < -0.3 is 9.47 Å². The maximum Gasteiger partial charge on any atom is 0.270 e. The molecule has 0 unspecified atom stereocenters. The molecule has 1 saturated heterocycles. The topological polar surface area (TPSA) is 38.8 Å². The van der Waals surface area contributed by atoms with Crippen molar-refractivity contribution in [3.8, 4) is 23.8 Å². The number of hydrogen-bond acceptors (Lipinski definition) is 5. The van der Waals surface area contributed by atoms with Crippen molar-refractivity contribution in [2.24, 2.45) is 0 Å². The Kier molecular flexibility index (Phi) is 5.79. The van der Waals surface area contributed by atoms with Gasteiger partial charge in [-0.1, -0.05) is 48.1 Å². The van der Waals surface area contributed by atoms with E-state index in [0.717, 1.165) is 11.8 Å². The summed E-state index contributed by atoms with van der Waals surface area (Å²) in [5.41, 5.74) is 0.855. The van der Waals surface area contributed by atoms with Crippen molar-refractivity contribution >= 4 is 46.0 Å². The van der Waals surface area contributed by atoms with Gasteiger partial charge >= 0.3 is 0 Å². The molecule has 27 heavy (non-hydrogen) atoms. The van der Waals surface area contributed by atoms with Gasteiger partial charge in [0.2, 0.25) is 0 Å². The number of carbonyl (C=O) groups is 1. The summed E-state index contributed by atoms with van der Waals surface area (Å²) in [4.78, 5) is 14.3. The molecule has 7 heteroatoms. The Labute approximate surface area is 166 Å². The lowest BCUT2D eigenvalue weighted by atomic mass is 10.2. The van der Waals surface area contributed by atoms with Gasteiger partial charge in [-0.05, 0) is 35.9 Å². The molecule has 1 amide bonds. The van der Waals surface area contributed by atoms with E-state index >= 15 is 0 Å². The minimum atomic E-state index is -0.508. The summed E-state index contributed by atoms with van der Waals surface area (Å²) in [6, 6.07) is 11.2. The van der Waals surface area contributed by atoms with Gasteiger partial charge in [0.1, 0.15) is 12.4 Å². The summed E-state index contributed by atoms with van der Waals surface area (Å²) in [7, 11) is 1.51. The van der Waals surface area contributed by atoms with Crippen LogP contribution in [0.1, 0.15) is 5.56 Å². The summed E-state index contributed by atoms with van der Waals surface area (Å²) in [6.45, 7) is 0.122. The number of benzene rings is 2. The molecule has 1 aliphatic rings. The Bertz CT molecular complexity index is 981. The summed E-state index contributed by atoms with van der Waals surface area (Å²) in [5, 5.41) is 0. The number of rotatable bonds is 5. The fraction of sp³-hybridized carbons (Fsp3) is 0.100. The summed E-state index contributed by atoms with van der Waals surface area (Å²) < 4.78 is 25.0. The molecule has 2 aromatic rings. The first-order chi connectivity index (χ1) is 13.0. The van der Waals surface area contributed by atoms with Crippen molar-refractivity contribution in [2.75, 3.05) is 18.6 Å². The highest BCUT2D eigenvalue weighted by atomic mass is 32.2. The predicted octanol–water partition coefficient (Wildman–Crippen LogP) is 4.25. The Morgan fingerprint density at radius 2 is 2.07 bits per heavy atom. The SMILES string of the molecule is C#CCOc1ccc(/C=C2/SC(=S)N(c3ccccc3F)C2=O)cc1OC. The second kappa shape index (κ2) is 8.25. The van der Waals surface area contributed by atoms with Gasteiger partial charge in [-0.25, -0.2) is 4.39 Å². The molecule has 0 saturated carbocycles. The zero-order valence-corrected chi connectivity index (χ0v) is 15.9. The Morgan fingerprint density at radius 1 is 1.30 bits per heavy atom. The highest BCUT2D eigenvalue weighted by Crippen LogP contribution is 2.38. The van der Waals surface area contributed by atoms with Gasteiger partial charge in [-0.3, -0.25) is 9.69 Å². The number of methoxy groups -OCH3 is 1. The van der Waals surface area contributed by atoms with Crippen molar-refractivity contribution in [3.05, 3.63) is 58.8 Å². The predicted molar refractivity (Wildman–Crippen MR) is 109 cm³/mol. The summed E-state index contributed by atoms with van der Waals surface area (Å²) in [6.07, 6.45) is 6.87. The fourth-order valence-electron chi connectivity index (χ4n) is 2.47. The van der Waals surface area contributed by atoms with Crippen molar-refractivity contribution in [3.63, 3.8) is 0 Å². The van der Waals surface area contributed by atoms with E-state index < -0.39 is 5.82 Å². The third-order valence-corrected chi connectivity index (χ3v) is 4.99. The largest absolute Gasteiger partial charge is 0.493 e. The van der Waals surface area contributed by atoms with Crippen LogP contribution < -0.4 is 14.4 Å². The monoisotopic (exact) mass is 399 g/mol. The zero-order valence-electron chi connectivity index (χ0n) is 14.3. The Balaban J connectivity index is 1.90. The average Bonchev–Trinajstić information content (AvgIpc) is 2.94. The van der Waals surface area contributed by atoms with Gasteiger partial charge in [0.05, 0.1) is 17.7 Å². The van der Waals surface area contributed by atoms with Crippen molar-refractivity contribution in [2.45, 2.75) is 0 Å². The highest BCUT2D eigenvalue weighted by molar-refractivity contribution is 8.27. The number of anilines is 1. The smallest absolute Gasteiger partial charge is 0.270 e. The first-order valence-corrected chi connectivity index (χ1v) is 9.04. The number of nitrogens with zero attached hydrogens (tertiary/aromatic N) is 1. The van der Waals surface area contributed by atoms with Crippen LogP contribution in [-0.4, -0.2) is 23.9 Å². The molecular weight excluding hydrogens is 385 g/mol. The summed E-state index contributed by atoms with van der Waals surface area (Å²) >= 11 is 6.38. The van der Waals surface area contributed by atoms with Crippen LogP contribution in [0.4, 0.5) is 10.1 Å². The normalized spacial score (nSPS) is 15.1. The van der Waals surface area contributed by atoms with Crippen LogP contribution in [0.25, 0.3) is 6.08 Å². The molecule has 0 aliphatic carbocycles. The third-order valence-electron chi connectivity index (χ3n) is 3.68. The molecule has 1 heterocycles. The molecule has 2 aromatic carbocycles. The van der Waals surface area contributed by atoms with Crippen LogP contribution in [0.5, 0.6) is 11.5 Å². The number of hydrogen-bond donors (Lipinski definition) is 0. The minimum Gasteiger partial charge on any atom is -0.493 e. The zero-order chi connectivity index (χ0) is 19.4. The lowest BCUT2D eigenvalue weighted by Gasteiger charge is -2.14. The second-order valence-corrected chi connectivity index (χ2v) is 7.05. The van der Waals surface area contributed by atoms with Crippen LogP contribution in [0.2, 0.25) is 0 Å². The number of carbonyl (C=O) groups excluding carboxylic acids is 1. The number of amides is 1. The molecule has 1 fully saturated rings. The molecule has 4 nitrogen and oxygen atoms in total. The van der Waals surface area contributed by atoms with Gasteiger partial charge in [0.15, 0.2) is 15.8 Å².